The second kappa shape index (κ2) is 15.2. The van der Waals surface area contributed by atoms with Gasteiger partial charge in [-0.3, -0.25) is 19.7 Å². The molecule has 3 aromatic carbocycles. The number of ether oxygens (including phenoxy) is 1. The Morgan fingerprint density at radius 2 is 1.70 bits per heavy atom. The Kier molecular flexibility index (Phi) is 11.1. The van der Waals surface area contributed by atoms with Gasteiger partial charge in [0.15, 0.2) is 0 Å². The third-order valence-corrected chi connectivity index (χ3v) is 6.93. The van der Waals surface area contributed by atoms with Crippen LogP contribution in [0.2, 0.25) is 0 Å². The third kappa shape index (κ3) is 9.51. The van der Waals surface area contributed by atoms with E-state index in [4.69, 9.17) is 4.74 Å². The zero-order valence-corrected chi connectivity index (χ0v) is 25.8. The van der Waals surface area contributed by atoms with Crippen molar-refractivity contribution in [1.82, 2.24) is 16.0 Å². The van der Waals surface area contributed by atoms with E-state index in [9.17, 15) is 27.6 Å². The highest BCUT2D eigenvalue weighted by molar-refractivity contribution is 6.05. The zero-order valence-electron chi connectivity index (χ0n) is 25.8. The van der Waals surface area contributed by atoms with Crippen molar-refractivity contribution in [3.8, 4) is 0 Å². The number of halogens is 3. The Morgan fingerprint density at radius 3 is 2.40 bits per heavy atom. The first-order valence-corrected chi connectivity index (χ1v) is 14.4. The number of guanidine groups is 1. The molecular weight excluding hydrogens is 615 g/mol. The lowest BCUT2D eigenvalue weighted by Gasteiger charge is -2.22. The average molecular weight is 650 g/mol. The fraction of sp³-hybridized carbons (Fsp3) is 0.212. The number of amides is 3. The number of nitrogens with zero attached hydrogens (tertiary/aromatic N) is 1. The lowest BCUT2D eigenvalue weighted by atomic mass is 10.1. The summed E-state index contributed by atoms with van der Waals surface area (Å²) in [5.74, 6) is -1.07. The van der Waals surface area contributed by atoms with Gasteiger partial charge >= 0.3 is 6.18 Å². The van der Waals surface area contributed by atoms with E-state index in [1.165, 1.54) is 19.2 Å². The van der Waals surface area contributed by atoms with Crippen molar-refractivity contribution in [1.29, 1.82) is 0 Å². The number of alkyl halides is 3. The number of aryl methyl sites for hydroxylation is 1. The monoisotopic (exact) mass is 649 g/mol. The van der Waals surface area contributed by atoms with Crippen LogP contribution in [0.4, 0.5) is 30.2 Å². The number of anilines is 3. The molecule has 0 spiro atoms. The molecule has 47 heavy (non-hydrogen) atoms. The quantitative estimate of drug-likeness (QED) is 0.127. The number of aliphatic imine (C=N–C) groups is 1. The number of carbonyl (C=O) groups excluding carboxylic acids is 3. The van der Waals surface area contributed by atoms with Gasteiger partial charge in [0.25, 0.3) is 11.8 Å². The molecule has 4 rings (SSSR count). The topological polar surface area (TPSA) is 145 Å². The van der Waals surface area contributed by atoms with Gasteiger partial charge in [0.05, 0.1) is 23.8 Å². The Balaban J connectivity index is 1.35. The van der Waals surface area contributed by atoms with Gasteiger partial charge in [0.2, 0.25) is 11.9 Å². The number of nitrogens with one attached hydrogen (secondary N) is 6. The molecule has 11 nitrogen and oxygen atoms in total. The third-order valence-electron chi connectivity index (χ3n) is 6.93. The van der Waals surface area contributed by atoms with E-state index in [1.54, 1.807) is 62.5 Å². The molecule has 1 heterocycles. The van der Waals surface area contributed by atoms with Crippen LogP contribution in [0.1, 0.15) is 38.8 Å². The minimum Gasteiger partial charge on any atom is -0.363 e. The molecule has 0 aliphatic carbocycles. The van der Waals surface area contributed by atoms with Gasteiger partial charge in [-0.15, -0.1) is 0 Å². The Labute approximate surface area is 269 Å². The summed E-state index contributed by atoms with van der Waals surface area (Å²) in [6.45, 7) is 7.15. The minimum absolute atomic E-state index is 0.0194. The van der Waals surface area contributed by atoms with Crippen molar-refractivity contribution in [2.24, 2.45) is 4.99 Å². The maximum atomic E-state index is 13.2. The van der Waals surface area contributed by atoms with Gasteiger partial charge in [-0.25, -0.2) is 4.99 Å². The molecular formula is C33H34F3N7O4. The number of hydrogen-bond donors (Lipinski definition) is 6. The van der Waals surface area contributed by atoms with E-state index in [2.05, 4.69) is 43.5 Å². The number of benzene rings is 3. The molecule has 0 aromatic heterocycles. The Hall–Kier alpha value is -5.47. The molecule has 1 aliphatic heterocycles. The van der Waals surface area contributed by atoms with Crippen LogP contribution in [0.3, 0.4) is 0 Å². The van der Waals surface area contributed by atoms with Crippen LogP contribution in [0.15, 0.2) is 96.3 Å². The van der Waals surface area contributed by atoms with Crippen LogP contribution in [0.25, 0.3) is 0 Å². The number of hydrogen-bond acceptors (Lipinski definition) is 8. The van der Waals surface area contributed by atoms with E-state index in [0.717, 1.165) is 18.2 Å². The fourth-order valence-corrected chi connectivity index (χ4v) is 4.43. The van der Waals surface area contributed by atoms with Crippen molar-refractivity contribution < 1.29 is 32.3 Å². The standard InChI is InChI=1S/C33H34F3N7O4/c1-5-29(47-4)37-18-28(44)40-23-10-7-11-24(15-23)42-32-38-17-27(20(3)39-32)43-31(46)26-16-25(13-12-19(26)2)41-30(45)21-8-6-9-22(14-21)33(34,35)36/h5-17,20,29,37H,1,18H2,2-4H3,(H,40,44)(H,41,45)(H,43,46)(H2,38,39,42). The van der Waals surface area contributed by atoms with Crippen LogP contribution < -0.4 is 31.9 Å². The van der Waals surface area contributed by atoms with Crippen LogP contribution in [-0.2, 0) is 15.7 Å². The average Bonchev–Trinajstić information content (AvgIpc) is 3.03. The molecule has 0 fully saturated rings. The lowest BCUT2D eigenvalue weighted by molar-refractivity contribution is -0.137. The van der Waals surface area contributed by atoms with Gasteiger partial charge in [-0.1, -0.05) is 24.8 Å². The van der Waals surface area contributed by atoms with E-state index >= 15 is 0 Å². The van der Waals surface area contributed by atoms with Gasteiger partial charge in [0, 0.05) is 41.5 Å². The summed E-state index contributed by atoms with van der Waals surface area (Å²) in [5.41, 5.74) is 1.68. The second-order valence-corrected chi connectivity index (χ2v) is 10.4. The van der Waals surface area contributed by atoms with Gasteiger partial charge in [0.1, 0.15) is 6.23 Å². The maximum Gasteiger partial charge on any atom is 0.416 e. The number of methoxy groups -OCH3 is 1. The van der Waals surface area contributed by atoms with E-state index in [1.807, 2.05) is 0 Å². The molecule has 0 saturated carbocycles. The predicted molar refractivity (Wildman–Crippen MR) is 174 cm³/mol. The number of carbonyl (C=O) groups is 3. The van der Waals surface area contributed by atoms with Crippen LogP contribution in [0, 0.1) is 6.92 Å². The summed E-state index contributed by atoms with van der Waals surface area (Å²) in [6.07, 6.45) is -1.90. The fourth-order valence-electron chi connectivity index (χ4n) is 4.43. The summed E-state index contributed by atoms with van der Waals surface area (Å²) in [6, 6.07) is 15.3. The van der Waals surface area contributed by atoms with E-state index in [0.29, 0.717) is 28.6 Å². The van der Waals surface area contributed by atoms with Crippen molar-refractivity contribution in [2.75, 3.05) is 29.6 Å². The summed E-state index contributed by atoms with van der Waals surface area (Å²) in [4.78, 5) is 42.7. The van der Waals surface area contributed by atoms with Crippen molar-refractivity contribution in [2.45, 2.75) is 32.3 Å². The van der Waals surface area contributed by atoms with Crippen molar-refractivity contribution in [3.05, 3.63) is 114 Å². The van der Waals surface area contributed by atoms with E-state index < -0.39 is 35.8 Å². The zero-order chi connectivity index (χ0) is 34.1. The molecule has 3 aromatic rings. The molecule has 14 heteroatoms. The summed E-state index contributed by atoms with van der Waals surface area (Å²) in [7, 11) is 1.50. The largest absolute Gasteiger partial charge is 0.416 e. The smallest absolute Gasteiger partial charge is 0.363 e. The summed E-state index contributed by atoms with van der Waals surface area (Å²) >= 11 is 0. The van der Waals surface area contributed by atoms with Crippen molar-refractivity contribution in [3.63, 3.8) is 0 Å². The molecule has 2 unspecified atom stereocenters. The molecule has 246 valence electrons. The summed E-state index contributed by atoms with van der Waals surface area (Å²) in [5, 5.41) is 17.2. The first-order chi connectivity index (χ1) is 22.4. The van der Waals surface area contributed by atoms with Gasteiger partial charge < -0.3 is 31.3 Å². The highest BCUT2D eigenvalue weighted by atomic mass is 19.4. The number of rotatable bonds is 11. The molecule has 0 saturated heterocycles. The van der Waals surface area contributed by atoms with Crippen LogP contribution >= 0.6 is 0 Å². The van der Waals surface area contributed by atoms with Crippen molar-refractivity contribution >= 4 is 40.7 Å². The highest BCUT2D eigenvalue weighted by Gasteiger charge is 2.31. The summed E-state index contributed by atoms with van der Waals surface area (Å²) < 4.78 is 44.3. The molecule has 0 bridgehead atoms. The molecule has 3 amide bonds. The molecule has 6 N–H and O–H groups in total. The predicted octanol–water partition coefficient (Wildman–Crippen LogP) is 4.98. The first kappa shape index (κ1) is 34.4. The minimum atomic E-state index is -4.59. The Bertz CT molecular complexity index is 1720. The van der Waals surface area contributed by atoms with Crippen LogP contribution in [-0.4, -0.2) is 49.6 Å². The lowest BCUT2D eigenvalue weighted by Crippen LogP contribution is -2.38. The maximum absolute atomic E-state index is 13.2. The van der Waals surface area contributed by atoms with Gasteiger partial charge in [-0.2, -0.15) is 13.2 Å². The highest BCUT2D eigenvalue weighted by Crippen LogP contribution is 2.30. The van der Waals surface area contributed by atoms with Gasteiger partial charge in [-0.05, 0) is 74.0 Å². The molecule has 2 atom stereocenters. The molecule has 1 aliphatic rings. The first-order valence-electron chi connectivity index (χ1n) is 14.4. The Morgan fingerprint density at radius 1 is 0.979 bits per heavy atom. The van der Waals surface area contributed by atoms with Crippen LogP contribution in [0.5, 0.6) is 0 Å². The van der Waals surface area contributed by atoms with E-state index in [-0.39, 0.29) is 29.3 Å². The normalized spacial score (nSPS) is 14.9. The molecule has 0 radical (unpaired) electrons. The SMILES string of the molecule is C=CC(NCC(=O)Nc1cccc(NC2=NC(C)C(NC(=O)c3cc(NC(=O)c4cccc(C(F)(F)F)c4)ccc3C)=CN2)c1)OC. The second-order valence-electron chi connectivity index (χ2n) is 10.4.